The number of aryl methyl sites for hydroxylation is 1. The predicted molar refractivity (Wildman–Crippen MR) is 44.2 cm³/mol. The summed E-state index contributed by atoms with van der Waals surface area (Å²) in [4.78, 5) is 3.91. The normalized spacial score (nSPS) is 12.9. The van der Waals surface area contributed by atoms with Gasteiger partial charge in [-0.05, 0) is 37.5 Å². The number of aliphatic hydroxyl groups excluding tert-OH is 1. The van der Waals surface area contributed by atoms with E-state index in [0.717, 1.165) is 12.8 Å². The van der Waals surface area contributed by atoms with E-state index < -0.39 is 0 Å². The van der Waals surface area contributed by atoms with Crippen LogP contribution in [0.4, 0.5) is 0 Å². The van der Waals surface area contributed by atoms with Crippen LogP contribution < -0.4 is 0 Å². The van der Waals surface area contributed by atoms with E-state index in [9.17, 15) is 0 Å². The van der Waals surface area contributed by atoms with Crippen LogP contribution in [0.25, 0.3) is 0 Å². The van der Waals surface area contributed by atoms with Crippen molar-refractivity contribution in [3.05, 3.63) is 30.1 Å². The second-order valence-corrected chi connectivity index (χ2v) is 2.74. The number of nitrogens with zero attached hydrogens (tertiary/aromatic N) is 1. The first-order chi connectivity index (χ1) is 5.29. The van der Waals surface area contributed by atoms with E-state index >= 15 is 0 Å². The molecule has 2 heteroatoms. The van der Waals surface area contributed by atoms with Gasteiger partial charge in [0.2, 0.25) is 0 Å². The fraction of sp³-hybridized carbons (Fsp3) is 0.444. The third-order valence-corrected chi connectivity index (χ3v) is 1.60. The quantitative estimate of drug-likeness (QED) is 0.708. The van der Waals surface area contributed by atoms with Gasteiger partial charge in [0.1, 0.15) is 0 Å². The number of rotatable bonds is 3. The van der Waals surface area contributed by atoms with Crippen molar-refractivity contribution in [2.24, 2.45) is 0 Å². The molecule has 0 fully saturated rings. The van der Waals surface area contributed by atoms with Gasteiger partial charge in [-0.3, -0.25) is 4.98 Å². The largest absolute Gasteiger partial charge is 0.393 e. The lowest BCUT2D eigenvalue weighted by atomic mass is 10.1. The predicted octanol–water partition coefficient (Wildman–Crippen LogP) is 1.40. The summed E-state index contributed by atoms with van der Waals surface area (Å²) in [5.41, 5.74) is 1.24. The van der Waals surface area contributed by atoms with E-state index in [1.165, 1.54) is 5.56 Å². The Morgan fingerprint density at radius 1 is 1.45 bits per heavy atom. The molecule has 0 bridgehead atoms. The molecular weight excluding hydrogens is 138 g/mol. The third kappa shape index (κ3) is 3.14. The summed E-state index contributed by atoms with van der Waals surface area (Å²) in [6.07, 6.45) is 5.10. The van der Waals surface area contributed by atoms with E-state index in [2.05, 4.69) is 4.98 Å². The van der Waals surface area contributed by atoms with Crippen LogP contribution in [0.3, 0.4) is 0 Å². The number of pyridine rings is 1. The van der Waals surface area contributed by atoms with Gasteiger partial charge in [0.15, 0.2) is 0 Å². The van der Waals surface area contributed by atoms with Crippen molar-refractivity contribution in [1.82, 2.24) is 4.98 Å². The Morgan fingerprint density at radius 2 is 2.09 bits per heavy atom. The molecule has 0 saturated heterocycles. The minimum Gasteiger partial charge on any atom is -0.393 e. The molecule has 1 rings (SSSR count). The van der Waals surface area contributed by atoms with Crippen molar-refractivity contribution >= 4 is 0 Å². The van der Waals surface area contributed by atoms with Gasteiger partial charge in [-0.25, -0.2) is 0 Å². The molecule has 0 aliphatic rings. The highest BCUT2D eigenvalue weighted by atomic mass is 16.3. The fourth-order valence-electron chi connectivity index (χ4n) is 0.925. The number of aliphatic hydroxyl groups is 1. The van der Waals surface area contributed by atoms with Crippen molar-refractivity contribution in [3.8, 4) is 0 Å². The van der Waals surface area contributed by atoms with Gasteiger partial charge in [0.25, 0.3) is 0 Å². The summed E-state index contributed by atoms with van der Waals surface area (Å²) in [5.74, 6) is 0. The molecule has 0 radical (unpaired) electrons. The molecule has 60 valence electrons. The van der Waals surface area contributed by atoms with E-state index in [1.807, 2.05) is 12.1 Å². The number of hydrogen-bond donors (Lipinski definition) is 1. The second kappa shape index (κ2) is 4.09. The van der Waals surface area contributed by atoms with Gasteiger partial charge < -0.3 is 5.11 Å². The first-order valence-corrected chi connectivity index (χ1v) is 3.86. The first kappa shape index (κ1) is 8.21. The average molecular weight is 151 g/mol. The molecule has 1 aromatic heterocycles. The van der Waals surface area contributed by atoms with Crippen LogP contribution >= 0.6 is 0 Å². The van der Waals surface area contributed by atoms with Crippen LogP contribution in [0, 0.1) is 0 Å². The van der Waals surface area contributed by atoms with E-state index in [1.54, 1.807) is 19.3 Å². The Kier molecular flexibility index (Phi) is 3.05. The molecule has 2 nitrogen and oxygen atoms in total. The summed E-state index contributed by atoms with van der Waals surface area (Å²) < 4.78 is 0. The monoisotopic (exact) mass is 151 g/mol. The molecule has 1 atom stereocenters. The Morgan fingerprint density at radius 3 is 2.64 bits per heavy atom. The molecular formula is C9H13NO. The molecule has 0 aromatic carbocycles. The van der Waals surface area contributed by atoms with Gasteiger partial charge >= 0.3 is 0 Å². The lowest BCUT2D eigenvalue weighted by Gasteiger charge is -2.02. The van der Waals surface area contributed by atoms with Crippen LogP contribution in [0.1, 0.15) is 18.9 Å². The highest BCUT2D eigenvalue weighted by Crippen LogP contribution is 2.02. The van der Waals surface area contributed by atoms with Crippen molar-refractivity contribution in [3.63, 3.8) is 0 Å². The highest BCUT2D eigenvalue weighted by Gasteiger charge is 1.96. The smallest absolute Gasteiger partial charge is 0.0515 e. The van der Waals surface area contributed by atoms with Crippen molar-refractivity contribution in [2.75, 3.05) is 0 Å². The minimum absolute atomic E-state index is 0.205. The van der Waals surface area contributed by atoms with Gasteiger partial charge in [-0.1, -0.05) is 0 Å². The maximum absolute atomic E-state index is 9.00. The Labute approximate surface area is 66.9 Å². The molecule has 0 saturated carbocycles. The van der Waals surface area contributed by atoms with Gasteiger partial charge in [0.05, 0.1) is 6.10 Å². The van der Waals surface area contributed by atoms with Crippen LogP contribution in [-0.4, -0.2) is 16.2 Å². The Hall–Kier alpha value is -0.890. The zero-order valence-corrected chi connectivity index (χ0v) is 6.70. The zero-order valence-electron chi connectivity index (χ0n) is 6.70. The standard InChI is InChI=1S/C9H13NO/c1-8(11)2-3-9-4-6-10-7-5-9/h4-8,11H,2-3H2,1H3/t8-/m1/s1. The highest BCUT2D eigenvalue weighted by molar-refractivity contribution is 5.09. The Balaban J connectivity index is 2.39. The van der Waals surface area contributed by atoms with E-state index in [-0.39, 0.29) is 6.10 Å². The molecule has 0 amide bonds. The molecule has 1 aromatic rings. The summed E-state index contributed by atoms with van der Waals surface area (Å²) >= 11 is 0. The van der Waals surface area contributed by atoms with Crippen molar-refractivity contribution in [2.45, 2.75) is 25.9 Å². The minimum atomic E-state index is -0.205. The summed E-state index contributed by atoms with van der Waals surface area (Å²) in [6.45, 7) is 1.81. The summed E-state index contributed by atoms with van der Waals surface area (Å²) in [6, 6.07) is 3.95. The van der Waals surface area contributed by atoms with Gasteiger partial charge in [-0.2, -0.15) is 0 Å². The second-order valence-electron chi connectivity index (χ2n) is 2.74. The molecule has 0 unspecified atom stereocenters. The molecule has 0 spiro atoms. The summed E-state index contributed by atoms with van der Waals surface area (Å²) in [5, 5.41) is 9.00. The van der Waals surface area contributed by atoms with Crippen LogP contribution in [0.15, 0.2) is 24.5 Å². The van der Waals surface area contributed by atoms with Crippen molar-refractivity contribution < 1.29 is 5.11 Å². The zero-order chi connectivity index (χ0) is 8.10. The molecule has 1 heterocycles. The van der Waals surface area contributed by atoms with Gasteiger partial charge in [0, 0.05) is 12.4 Å². The SMILES string of the molecule is C[C@@H](O)CCc1ccncc1. The molecule has 0 aliphatic heterocycles. The van der Waals surface area contributed by atoms with E-state index in [0.29, 0.717) is 0 Å². The first-order valence-electron chi connectivity index (χ1n) is 3.86. The lowest BCUT2D eigenvalue weighted by molar-refractivity contribution is 0.185. The van der Waals surface area contributed by atoms with Crippen molar-refractivity contribution in [1.29, 1.82) is 0 Å². The Bertz CT molecular complexity index is 196. The molecule has 11 heavy (non-hydrogen) atoms. The lowest BCUT2D eigenvalue weighted by Crippen LogP contribution is -2.01. The van der Waals surface area contributed by atoms with Crippen LogP contribution in [-0.2, 0) is 6.42 Å². The summed E-state index contributed by atoms with van der Waals surface area (Å²) in [7, 11) is 0. The average Bonchev–Trinajstić information content (AvgIpc) is 2.03. The van der Waals surface area contributed by atoms with Crippen LogP contribution in [0.5, 0.6) is 0 Å². The van der Waals surface area contributed by atoms with Gasteiger partial charge in [-0.15, -0.1) is 0 Å². The number of hydrogen-bond acceptors (Lipinski definition) is 2. The van der Waals surface area contributed by atoms with E-state index in [4.69, 9.17) is 5.11 Å². The number of aromatic nitrogens is 1. The molecule has 0 aliphatic carbocycles. The maximum atomic E-state index is 9.00. The van der Waals surface area contributed by atoms with Crippen LogP contribution in [0.2, 0.25) is 0 Å². The molecule has 1 N–H and O–H groups in total. The maximum Gasteiger partial charge on any atom is 0.0515 e. The topological polar surface area (TPSA) is 33.1 Å². The third-order valence-electron chi connectivity index (χ3n) is 1.60. The fourth-order valence-corrected chi connectivity index (χ4v) is 0.925.